The molecule has 0 bridgehead atoms. The molecule has 0 spiro atoms. The second-order valence-electron chi connectivity index (χ2n) is 5.87. The summed E-state index contributed by atoms with van der Waals surface area (Å²) < 4.78 is 0. The summed E-state index contributed by atoms with van der Waals surface area (Å²) in [7, 11) is 3.60. The normalized spacial score (nSPS) is 11.0. The van der Waals surface area contributed by atoms with E-state index in [0.717, 1.165) is 16.7 Å². The molecule has 2 aromatic carbocycles. The van der Waals surface area contributed by atoms with E-state index in [9.17, 15) is 5.26 Å². The highest BCUT2D eigenvalue weighted by molar-refractivity contribution is 5.87. The van der Waals surface area contributed by atoms with E-state index in [1.807, 2.05) is 42.5 Å². The van der Waals surface area contributed by atoms with Crippen LogP contribution in [0.25, 0.3) is 22.8 Å². The van der Waals surface area contributed by atoms with Crippen LogP contribution in [0.15, 0.2) is 54.6 Å². The molecular weight excluding hydrogens is 324 g/mol. The maximum Gasteiger partial charge on any atom is 0.230 e. The zero-order chi connectivity index (χ0) is 18.5. The van der Waals surface area contributed by atoms with Crippen molar-refractivity contribution in [3.05, 3.63) is 66.0 Å². The van der Waals surface area contributed by atoms with Gasteiger partial charge in [-0.15, -0.1) is 0 Å². The lowest BCUT2D eigenvalue weighted by Crippen LogP contribution is -2.15. The molecule has 6 nitrogen and oxygen atoms in total. The van der Waals surface area contributed by atoms with Gasteiger partial charge in [0.2, 0.25) is 11.9 Å². The van der Waals surface area contributed by atoms with Crippen LogP contribution in [-0.2, 0) is 0 Å². The largest absolute Gasteiger partial charge is 0.368 e. The summed E-state index contributed by atoms with van der Waals surface area (Å²) in [5, 5.41) is 9.52. The van der Waals surface area contributed by atoms with Crippen molar-refractivity contribution < 1.29 is 0 Å². The molecule has 26 heavy (non-hydrogen) atoms. The number of nitrogens with two attached hydrogens (primary N) is 1. The van der Waals surface area contributed by atoms with Gasteiger partial charge >= 0.3 is 0 Å². The highest BCUT2D eigenvalue weighted by Crippen LogP contribution is 2.22. The Morgan fingerprint density at radius 1 is 0.962 bits per heavy atom. The Balaban J connectivity index is 1.94. The standard InChI is InChI=1S/C20H18N6/c1-26(2)20-24-18(23-19(22)25-20)17(13-21)12-14-8-10-16(11-9-14)15-6-4-3-5-7-15/h3-12H,1-2H3,(H2,22,23,24,25). The molecule has 0 radical (unpaired) electrons. The first-order valence-corrected chi connectivity index (χ1v) is 8.03. The van der Waals surface area contributed by atoms with Gasteiger partial charge in [0.25, 0.3) is 0 Å². The maximum atomic E-state index is 9.52. The third kappa shape index (κ3) is 3.84. The Kier molecular flexibility index (Phi) is 4.90. The van der Waals surface area contributed by atoms with Crippen molar-refractivity contribution in [3.63, 3.8) is 0 Å². The number of nitriles is 1. The number of aromatic nitrogens is 3. The lowest BCUT2D eigenvalue weighted by atomic mass is 10.0. The molecule has 0 atom stereocenters. The van der Waals surface area contributed by atoms with Crippen LogP contribution in [0.1, 0.15) is 11.4 Å². The second kappa shape index (κ2) is 7.45. The molecule has 3 rings (SSSR count). The van der Waals surface area contributed by atoms with Gasteiger partial charge in [-0.1, -0.05) is 54.6 Å². The molecule has 1 heterocycles. The summed E-state index contributed by atoms with van der Waals surface area (Å²) in [6.45, 7) is 0. The van der Waals surface area contributed by atoms with Crippen molar-refractivity contribution >= 4 is 23.5 Å². The smallest absolute Gasteiger partial charge is 0.230 e. The highest BCUT2D eigenvalue weighted by atomic mass is 15.3. The molecule has 0 aliphatic heterocycles. The van der Waals surface area contributed by atoms with E-state index in [1.54, 1.807) is 25.1 Å². The molecule has 0 saturated heterocycles. The predicted octanol–water partition coefficient (Wildman–Crippen LogP) is 3.25. The van der Waals surface area contributed by atoms with Crippen LogP contribution in [0.2, 0.25) is 0 Å². The third-order valence-electron chi connectivity index (χ3n) is 3.73. The van der Waals surface area contributed by atoms with Crippen molar-refractivity contribution in [1.82, 2.24) is 15.0 Å². The zero-order valence-electron chi connectivity index (χ0n) is 14.6. The van der Waals surface area contributed by atoms with E-state index in [-0.39, 0.29) is 11.8 Å². The molecule has 0 fully saturated rings. The molecule has 0 saturated carbocycles. The predicted molar refractivity (Wildman–Crippen MR) is 104 cm³/mol. The number of anilines is 2. The molecule has 128 valence electrons. The summed E-state index contributed by atoms with van der Waals surface area (Å²) in [4.78, 5) is 14.1. The van der Waals surface area contributed by atoms with Crippen LogP contribution in [0.3, 0.4) is 0 Å². The quantitative estimate of drug-likeness (QED) is 0.732. The molecule has 0 unspecified atom stereocenters. The average Bonchev–Trinajstić information content (AvgIpc) is 2.66. The minimum atomic E-state index is 0.0827. The van der Waals surface area contributed by atoms with Gasteiger partial charge in [0.1, 0.15) is 6.07 Å². The van der Waals surface area contributed by atoms with Gasteiger partial charge in [0, 0.05) is 14.1 Å². The average molecular weight is 342 g/mol. The van der Waals surface area contributed by atoms with Crippen LogP contribution in [-0.4, -0.2) is 29.0 Å². The Morgan fingerprint density at radius 3 is 2.23 bits per heavy atom. The van der Waals surface area contributed by atoms with Crippen LogP contribution >= 0.6 is 0 Å². The van der Waals surface area contributed by atoms with Crippen molar-refractivity contribution in [3.8, 4) is 17.2 Å². The molecule has 2 N–H and O–H groups in total. The SMILES string of the molecule is CN(C)c1nc(N)nc(C(C#N)=Cc2ccc(-c3ccccc3)cc2)n1. The van der Waals surface area contributed by atoms with Gasteiger partial charge in [-0.2, -0.15) is 20.2 Å². The number of benzene rings is 2. The number of nitrogen functional groups attached to an aromatic ring is 1. The number of hydrogen-bond acceptors (Lipinski definition) is 6. The van der Waals surface area contributed by atoms with Crippen molar-refractivity contribution in [2.24, 2.45) is 0 Å². The lowest BCUT2D eigenvalue weighted by Gasteiger charge is -2.11. The van der Waals surface area contributed by atoms with E-state index < -0.39 is 0 Å². The fraction of sp³-hybridized carbons (Fsp3) is 0.100. The van der Waals surface area contributed by atoms with E-state index in [0.29, 0.717) is 11.5 Å². The fourth-order valence-corrected chi connectivity index (χ4v) is 2.42. The van der Waals surface area contributed by atoms with E-state index in [4.69, 9.17) is 5.73 Å². The zero-order valence-corrected chi connectivity index (χ0v) is 14.6. The van der Waals surface area contributed by atoms with Gasteiger partial charge < -0.3 is 10.6 Å². The minimum absolute atomic E-state index is 0.0827. The first kappa shape index (κ1) is 17.1. The van der Waals surface area contributed by atoms with Gasteiger partial charge in [-0.25, -0.2) is 0 Å². The van der Waals surface area contributed by atoms with Gasteiger partial charge in [0.15, 0.2) is 5.82 Å². The first-order valence-electron chi connectivity index (χ1n) is 8.03. The number of hydrogen-bond donors (Lipinski definition) is 1. The molecule has 0 amide bonds. The lowest BCUT2D eigenvalue weighted by molar-refractivity contribution is 0.952. The second-order valence-corrected chi connectivity index (χ2v) is 5.87. The summed E-state index contributed by atoms with van der Waals surface area (Å²) in [5.74, 6) is 0.753. The molecule has 6 heteroatoms. The Bertz CT molecular complexity index is 969. The molecule has 1 aromatic heterocycles. The van der Waals surface area contributed by atoms with E-state index >= 15 is 0 Å². The van der Waals surface area contributed by atoms with E-state index in [2.05, 4.69) is 33.2 Å². The van der Waals surface area contributed by atoms with Crippen LogP contribution in [0, 0.1) is 11.3 Å². The Morgan fingerprint density at radius 2 is 1.62 bits per heavy atom. The summed E-state index contributed by atoms with van der Waals surface area (Å²) in [6, 6.07) is 20.2. The van der Waals surface area contributed by atoms with Crippen LogP contribution < -0.4 is 10.6 Å². The number of rotatable bonds is 4. The minimum Gasteiger partial charge on any atom is -0.368 e. The monoisotopic (exact) mass is 342 g/mol. The van der Waals surface area contributed by atoms with Crippen LogP contribution in [0.5, 0.6) is 0 Å². The summed E-state index contributed by atoms with van der Waals surface area (Å²) >= 11 is 0. The van der Waals surface area contributed by atoms with Gasteiger partial charge in [-0.05, 0) is 22.8 Å². The van der Waals surface area contributed by atoms with Crippen LogP contribution in [0.4, 0.5) is 11.9 Å². The van der Waals surface area contributed by atoms with Gasteiger partial charge in [0.05, 0.1) is 5.57 Å². The number of nitrogens with zero attached hydrogens (tertiary/aromatic N) is 5. The Hall–Kier alpha value is -3.72. The van der Waals surface area contributed by atoms with Crippen molar-refractivity contribution in [1.29, 1.82) is 5.26 Å². The highest BCUT2D eigenvalue weighted by Gasteiger charge is 2.10. The summed E-state index contributed by atoms with van der Waals surface area (Å²) in [5.41, 5.74) is 9.21. The topological polar surface area (TPSA) is 91.7 Å². The fourth-order valence-electron chi connectivity index (χ4n) is 2.42. The Labute approximate surface area is 152 Å². The van der Waals surface area contributed by atoms with Crippen molar-refractivity contribution in [2.75, 3.05) is 24.7 Å². The molecular formula is C20H18N6. The molecule has 3 aromatic rings. The summed E-state index contributed by atoms with van der Waals surface area (Å²) in [6.07, 6.45) is 1.74. The first-order chi connectivity index (χ1) is 12.6. The van der Waals surface area contributed by atoms with Crippen molar-refractivity contribution in [2.45, 2.75) is 0 Å². The molecule has 0 aliphatic carbocycles. The van der Waals surface area contributed by atoms with Gasteiger partial charge in [-0.3, -0.25) is 0 Å². The number of allylic oxidation sites excluding steroid dienone is 1. The molecule has 0 aliphatic rings. The maximum absolute atomic E-state index is 9.52. The third-order valence-corrected chi connectivity index (χ3v) is 3.73. The van der Waals surface area contributed by atoms with E-state index in [1.165, 1.54) is 0 Å².